The first-order valence-corrected chi connectivity index (χ1v) is 8.15. The van der Waals surface area contributed by atoms with Crippen LogP contribution in [0.15, 0.2) is 22.7 Å². The van der Waals surface area contributed by atoms with Crippen molar-refractivity contribution in [3.8, 4) is 0 Å². The highest BCUT2D eigenvalue weighted by atomic mass is 79.9. The van der Waals surface area contributed by atoms with Crippen molar-refractivity contribution in [2.75, 3.05) is 18.4 Å². The summed E-state index contributed by atoms with van der Waals surface area (Å²) in [5, 5.41) is 4.51. The van der Waals surface area contributed by atoms with Crippen LogP contribution in [0.1, 0.15) is 18.4 Å². The van der Waals surface area contributed by atoms with E-state index in [1.165, 1.54) is 4.90 Å². The van der Waals surface area contributed by atoms with Gasteiger partial charge in [-0.25, -0.2) is 4.79 Å². The molecule has 0 saturated carbocycles. The molecule has 1 heterocycles. The van der Waals surface area contributed by atoms with Gasteiger partial charge in [0, 0.05) is 16.7 Å². The molecule has 1 aliphatic rings. The third-order valence-electron chi connectivity index (χ3n) is 3.69. The van der Waals surface area contributed by atoms with Crippen LogP contribution in [0.25, 0.3) is 0 Å². The number of likely N-dealkylation sites (tertiary alicyclic amines) is 1. The molecule has 3 amide bonds. The predicted molar refractivity (Wildman–Crippen MR) is 86.7 cm³/mol. The standard InChI is InChI=1S/C15H17BrF3N3O2/c1-9-7-10(4-5-11(9)16)21-14(24)22-6-2-3-12(22)13(23)20-8-15(17,18)19/h4-5,7,12H,2-3,6,8H2,1H3,(H,20,23)(H,21,24). The summed E-state index contributed by atoms with van der Waals surface area (Å²) < 4.78 is 37.5. The molecule has 2 rings (SSSR count). The number of nitrogens with zero attached hydrogens (tertiary/aromatic N) is 1. The zero-order valence-corrected chi connectivity index (χ0v) is 14.5. The van der Waals surface area contributed by atoms with Gasteiger partial charge >= 0.3 is 12.2 Å². The maximum Gasteiger partial charge on any atom is 0.405 e. The molecule has 0 aromatic heterocycles. The molecule has 2 N–H and O–H groups in total. The van der Waals surface area contributed by atoms with Crippen molar-refractivity contribution in [3.05, 3.63) is 28.2 Å². The van der Waals surface area contributed by atoms with Crippen LogP contribution in [0.3, 0.4) is 0 Å². The van der Waals surface area contributed by atoms with E-state index in [4.69, 9.17) is 0 Å². The molecular weight excluding hydrogens is 391 g/mol. The summed E-state index contributed by atoms with van der Waals surface area (Å²) in [6, 6.07) is 3.86. The fourth-order valence-corrected chi connectivity index (χ4v) is 2.75. The van der Waals surface area contributed by atoms with Crippen molar-refractivity contribution in [3.63, 3.8) is 0 Å². The molecule has 1 atom stereocenters. The zero-order valence-electron chi connectivity index (χ0n) is 12.9. The first kappa shape index (κ1) is 18.6. The monoisotopic (exact) mass is 407 g/mol. The number of carbonyl (C=O) groups is 2. The molecule has 1 aromatic carbocycles. The minimum atomic E-state index is -4.48. The average molecular weight is 408 g/mol. The lowest BCUT2D eigenvalue weighted by Crippen LogP contribution is -2.49. The molecule has 1 fully saturated rings. The van der Waals surface area contributed by atoms with E-state index in [0.29, 0.717) is 25.1 Å². The highest BCUT2D eigenvalue weighted by molar-refractivity contribution is 9.10. The third-order valence-corrected chi connectivity index (χ3v) is 4.58. The minimum Gasteiger partial charge on any atom is -0.345 e. The number of halogens is 4. The summed E-state index contributed by atoms with van der Waals surface area (Å²) in [5.74, 6) is -0.785. The predicted octanol–water partition coefficient (Wildman–Crippen LogP) is 3.43. The third kappa shape index (κ3) is 4.86. The lowest BCUT2D eigenvalue weighted by molar-refractivity contribution is -0.140. The van der Waals surface area contributed by atoms with Crippen molar-refractivity contribution in [1.82, 2.24) is 10.2 Å². The Kier molecular flexibility index (Phi) is 5.74. The van der Waals surface area contributed by atoms with E-state index < -0.39 is 30.7 Å². The Hall–Kier alpha value is -1.77. The Morgan fingerprint density at radius 3 is 2.71 bits per heavy atom. The molecule has 1 aromatic rings. The second-order valence-corrected chi connectivity index (χ2v) is 6.43. The van der Waals surface area contributed by atoms with Crippen molar-refractivity contribution < 1.29 is 22.8 Å². The van der Waals surface area contributed by atoms with Gasteiger partial charge in [-0.15, -0.1) is 0 Å². The molecule has 0 aliphatic carbocycles. The van der Waals surface area contributed by atoms with Gasteiger partial charge in [-0.1, -0.05) is 15.9 Å². The van der Waals surface area contributed by atoms with Crippen LogP contribution in [0, 0.1) is 6.92 Å². The number of carbonyl (C=O) groups excluding carboxylic acids is 2. The van der Waals surface area contributed by atoms with Crippen LogP contribution in [0.2, 0.25) is 0 Å². The molecule has 5 nitrogen and oxygen atoms in total. The molecule has 0 spiro atoms. The summed E-state index contributed by atoms with van der Waals surface area (Å²) >= 11 is 3.36. The second-order valence-electron chi connectivity index (χ2n) is 5.58. The molecule has 132 valence electrons. The van der Waals surface area contributed by atoms with Crippen molar-refractivity contribution >= 4 is 33.6 Å². The number of rotatable bonds is 3. The summed E-state index contributed by atoms with van der Waals surface area (Å²) in [6.45, 7) is 0.790. The highest BCUT2D eigenvalue weighted by Gasteiger charge is 2.36. The summed E-state index contributed by atoms with van der Waals surface area (Å²) in [5.41, 5.74) is 1.48. The van der Waals surface area contributed by atoms with Crippen LogP contribution in [-0.4, -0.2) is 42.1 Å². The first-order chi connectivity index (χ1) is 11.2. The number of alkyl halides is 3. The lowest BCUT2D eigenvalue weighted by Gasteiger charge is -2.24. The molecule has 1 aliphatic heterocycles. The van der Waals surface area contributed by atoms with Gasteiger partial charge < -0.3 is 15.5 Å². The Balaban J connectivity index is 1.99. The van der Waals surface area contributed by atoms with E-state index in [-0.39, 0.29) is 0 Å². The fraction of sp³-hybridized carbons (Fsp3) is 0.467. The van der Waals surface area contributed by atoms with Crippen molar-refractivity contribution in [2.24, 2.45) is 0 Å². The van der Waals surface area contributed by atoms with Gasteiger partial charge in [-0.2, -0.15) is 13.2 Å². The number of hydrogen-bond acceptors (Lipinski definition) is 2. The van der Waals surface area contributed by atoms with E-state index in [2.05, 4.69) is 21.2 Å². The van der Waals surface area contributed by atoms with E-state index >= 15 is 0 Å². The second kappa shape index (κ2) is 7.42. The van der Waals surface area contributed by atoms with E-state index in [9.17, 15) is 22.8 Å². The summed E-state index contributed by atoms with van der Waals surface area (Å²) in [7, 11) is 0. The topological polar surface area (TPSA) is 61.4 Å². The van der Waals surface area contributed by atoms with Crippen molar-refractivity contribution in [1.29, 1.82) is 0 Å². The molecule has 9 heteroatoms. The Morgan fingerprint density at radius 1 is 1.38 bits per heavy atom. The molecule has 1 saturated heterocycles. The highest BCUT2D eigenvalue weighted by Crippen LogP contribution is 2.23. The fourth-order valence-electron chi connectivity index (χ4n) is 2.51. The van der Waals surface area contributed by atoms with Gasteiger partial charge in [0.2, 0.25) is 5.91 Å². The SMILES string of the molecule is Cc1cc(NC(=O)N2CCCC2C(=O)NCC(F)(F)F)ccc1Br. The Morgan fingerprint density at radius 2 is 2.08 bits per heavy atom. The zero-order chi connectivity index (χ0) is 17.9. The maximum atomic E-state index is 12.3. The quantitative estimate of drug-likeness (QED) is 0.805. The largest absolute Gasteiger partial charge is 0.405 e. The maximum absolute atomic E-state index is 12.3. The molecule has 0 radical (unpaired) electrons. The normalized spacial score (nSPS) is 17.7. The van der Waals surface area contributed by atoms with Gasteiger partial charge in [-0.3, -0.25) is 4.79 Å². The van der Waals surface area contributed by atoms with Gasteiger partial charge in [0.1, 0.15) is 12.6 Å². The molecule has 24 heavy (non-hydrogen) atoms. The molecule has 1 unspecified atom stereocenters. The van der Waals surface area contributed by atoms with Crippen LogP contribution in [0.4, 0.5) is 23.7 Å². The summed E-state index contributed by atoms with van der Waals surface area (Å²) in [4.78, 5) is 25.5. The van der Waals surface area contributed by atoms with Crippen LogP contribution >= 0.6 is 15.9 Å². The smallest absolute Gasteiger partial charge is 0.345 e. The minimum absolute atomic E-state index is 0.325. The Bertz CT molecular complexity index is 637. The Labute approximate surface area is 145 Å². The number of benzene rings is 1. The first-order valence-electron chi connectivity index (χ1n) is 7.35. The van der Waals surface area contributed by atoms with Crippen LogP contribution in [-0.2, 0) is 4.79 Å². The van der Waals surface area contributed by atoms with E-state index in [1.807, 2.05) is 12.2 Å². The van der Waals surface area contributed by atoms with E-state index in [1.54, 1.807) is 18.2 Å². The van der Waals surface area contributed by atoms with Crippen molar-refractivity contribution in [2.45, 2.75) is 32.0 Å². The van der Waals surface area contributed by atoms with Gasteiger partial charge in [0.25, 0.3) is 0 Å². The number of urea groups is 1. The van der Waals surface area contributed by atoms with Gasteiger partial charge in [0.15, 0.2) is 0 Å². The van der Waals surface area contributed by atoms with E-state index in [0.717, 1.165) is 10.0 Å². The van der Waals surface area contributed by atoms with Crippen LogP contribution in [0.5, 0.6) is 0 Å². The summed E-state index contributed by atoms with van der Waals surface area (Å²) in [6.07, 6.45) is -3.57. The van der Waals surface area contributed by atoms with Gasteiger partial charge in [0.05, 0.1) is 0 Å². The lowest BCUT2D eigenvalue weighted by atomic mass is 10.2. The number of hydrogen-bond donors (Lipinski definition) is 2. The average Bonchev–Trinajstić information content (AvgIpc) is 2.97. The number of anilines is 1. The number of amides is 3. The van der Waals surface area contributed by atoms with Crippen LogP contribution < -0.4 is 10.6 Å². The molecular formula is C15H17BrF3N3O2. The number of aryl methyl sites for hydroxylation is 1. The van der Waals surface area contributed by atoms with Gasteiger partial charge in [-0.05, 0) is 43.5 Å². The molecule has 0 bridgehead atoms. The number of nitrogens with one attached hydrogen (secondary N) is 2.